The molecule has 0 radical (unpaired) electrons. The van der Waals surface area contributed by atoms with Crippen LogP contribution in [-0.4, -0.2) is 34.0 Å². The number of hydrogen-bond acceptors (Lipinski definition) is 6. The van der Waals surface area contributed by atoms with Crippen molar-refractivity contribution in [2.45, 2.75) is 13.0 Å². The van der Waals surface area contributed by atoms with Crippen LogP contribution in [0.5, 0.6) is 0 Å². The summed E-state index contributed by atoms with van der Waals surface area (Å²) in [6.07, 6.45) is 4.45. The van der Waals surface area contributed by atoms with Crippen molar-refractivity contribution in [3.05, 3.63) is 64.8 Å². The molecule has 0 bridgehead atoms. The molecule has 3 heterocycles. The Morgan fingerprint density at radius 2 is 2.20 bits per heavy atom. The van der Waals surface area contributed by atoms with Crippen molar-refractivity contribution in [1.82, 2.24) is 9.97 Å². The van der Waals surface area contributed by atoms with Gasteiger partial charge in [-0.15, -0.1) is 11.3 Å². The van der Waals surface area contributed by atoms with E-state index in [1.807, 2.05) is 30.5 Å². The number of aliphatic hydroxyl groups excluding tert-OH is 1. The predicted molar refractivity (Wildman–Crippen MR) is 98.0 cm³/mol. The molecule has 0 spiro atoms. The maximum atomic E-state index is 11.6. The molecule has 126 valence electrons. The number of aliphatic hydroxyl groups is 1. The van der Waals surface area contributed by atoms with Crippen molar-refractivity contribution < 1.29 is 9.90 Å². The van der Waals surface area contributed by atoms with E-state index in [-0.39, 0.29) is 5.78 Å². The van der Waals surface area contributed by atoms with Crippen LogP contribution in [-0.2, 0) is 13.0 Å². The number of carbonyl (C=O) groups is 1. The fourth-order valence-electron chi connectivity index (χ4n) is 3.04. The number of carbonyl (C=O) groups excluding carboxylic acids is 1. The van der Waals surface area contributed by atoms with Gasteiger partial charge in [0.25, 0.3) is 0 Å². The van der Waals surface area contributed by atoms with Crippen LogP contribution >= 0.6 is 11.3 Å². The summed E-state index contributed by atoms with van der Waals surface area (Å²) in [5, 5.41) is 12.1. The number of rotatable bonds is 4. The molecule has 0 aliphatic carbocycles. The summed E-state index contributed by atoms with van der Waals surface area (Å²) in [6.45, 7) is 1.20. The molecule has 1 aliphatic heterocycles. The van der Waals surface area contributed by atoms with Crippen molar-refractivity contribution in [3.63, 3.8) is 0 Å². The lowest BCUT2D eigenvalue weighted by atomic mass is 9.96. The van der Waals surface area contributed by atoms with Crippen LogP contribution in [0.15, 0.2) is 48.1 Å². The number of Topliss-reactive ketones (excluding diaryl/α,β-unsaturated/α-hetero) is 1. The first kappa shape index (κ1) is 15.9. The van der Waals surface area contributed by atoms with E-state index in [0.717, 1.165) is 35.9 Å². The lowest BCUT2D eigenvalue weighted by Gasteiger charge is -2.28. The number of ketones is 1. The highest BCUT2D eigenvalue weighted by Gasteiger charge is 2.20. The van der Waals surface area contributed by atoms with Crippen LogP contribution in [0.2, 0.25) is 0 Å². The summed E-state index contributed by atoms with van der Waals surface area (Å²) in [6, 6.07) is 9.62. The van der Waals surface area contributed by atoms with Crippen molar-refractivity contribution in [3.8, 4) is 11.3 Å². The molecular formula is C19H17N3O2S. The molecule has 2 aromatic heterocycles. The van der Waals surface area contributed by atoms with Crippen molar-refractivity contribution in [2.24, 2.45) is 0 Å². The zero-order valence-corrected chi connectivity index (χ0v) is 14.4. The lowest BCUT2D eigenvalue weighted by Crippen LogP contribution is -2.30. The average Bonchev–Trinajstić information content (AvgIpc) is 3.17. The number of anilines is 1. The van der Waals surface area contributed by atoms with Crippen molar-refractivity contribution in [1.29, 1.82) is 0 Å². The molecule has 5 nitrogen and oxygen atoms in total. The van der Waals surface area contributed by atoms with Gasteiger partial charge in [-0.3, -0.25) is 9.78 Å². The minimum Gasteiger partial charge on any atom is -0.388 e. The highest BCUT2D eigenvalue weighted by Crippen LogP contribution is 2.31. The summed E-state index contributed by atoms with van der Waals surface area (Å²) < 4.78 is 0. The summed E-state index contributed by atoms with van der Waals surface area (Å²) in [5.41, 5.74) is 4.94. The Kier molecular flexibility index (Phi) is 4.29. The number of fused-ring (bicyclic) bond motifs is 1. The third-order valence-electron chi connectivity index (χ3n) is 4.40. The van der Waals surface area contributed by atoms with Gasteiger partial charge >= 0.3 is 0 Å². The Morgan fingerprint density at radius 3 is 3.00 bits per heavy atom. The van der Waals surface area contributed by atoms with Gasteiger partial charge in [-0.1, -0.05) is 12.1 Å². The summed E-state index contributed by atoms with van der Waals surface area (Å²) in [4.78, 5) is 22.8. The number of hydrogen-bond donors (Lipinski definition) is 1. The van der Waals surface area contributed by atoms with Crippen LogP contribution in [0.1, 0.15) is 21.5 Å². The summed E-state index contributed by atoms with van der Waals surface area (Å²) in [7, 11) is 0. The molecule has 6 heteroatoms. The maximum absolute atomic E-state index is 11.6. The van der Waals surface area contributed by atoms with E-state index in [2.05, 4.69) is 15.3 Å². The maximum Gasteiger partial charge on any atom is 0.188 e. The second-order valence-electron chi connectivity index (χ2n) is 5.99. The Labute approximate surface area is 149 Å². The zero-order valence-electron chi connectivity index (χ0n) is 13.6. The topological polar surface area (TPSA) is 66.3 Å². The summed E-state index contributed by atoms with van der Waals surface area (Å²) >= 11 is 1.64. The first-order valence-electron chi connectivity index (χ1n) is 8.11. The number of thiazole rings is 1. The van der Waals surface area contributed by atoms with Gasteiger partial charge in [0.2, 0.25) is 0 Å². The number of nitrogens with zero attached hydrogens (tertiary/aromatic N) is 3. The average molecular weight is 351 g/mol. The molecule has 0 saturated heterocycles. The van der Waals surface area contributed by atoms with E-state index in [4.69, 9.17) is 10.1 Å². The van der Waals surface area contributed by atoms with Crippen LogP contribution in [0.3, 0.4) is 0 Å². The van der Waals surface area contributed by atoms with Gasteiger partial charge in [-0.25, -0.2) is 4.98 Å². The molecular weight excluding hydrogens is 334 g/mol. The van der Waals surface area contributed by atoms with Gasteiger partial charge in [0, 0.05) is 42.0 Å². The largest absolute Gasteiger partial charge is 0.388 e. The second kappa shape index (κ2) is 6.74. The molecule has 1 N–H and O–H groups in total. The molecule has 0 atom stereocenters. The van der Waals surface area contributed by atoms with Crippen molar-refractivity contribution >= 4 is 22.3 Å². The monoisotopic (exact) mass is 351 g/mol. The molecule has 1 aliphatic rings. The Bertz CT molecular complexity index is 908. The van der Waals surface area contributed by atoms with E-state index in [1.165, 1.54) is 11.1 Å². The van der Waals surface area contributed by atoms with Crippen molar-refractivity contribution in [2.75, 3.05) is 18.1 Å². The van der Waals surface area contributed by atoms with E-state index in [0.29, 0.717) is 5.56 Å². The van der Waals surface area contributed by atoms with E-state index in [9.17, 15) is 4.79 Å². The first-order valence-corrected chi connectivity index (χ1v) is 8.99. The minimum absolute atomic E-state index is 0.230. The van der Waals surface area contributed by atoms with Crippen LogP contribution < -0.4 is 4.90 Å². The zero-order chi connectivity index (χ0) is 17.2. The number of aromatic nitrogens is 2. The molecule has 0 fully saturated rings. The normalized spacial score (nSPS) is 13.6. The summed E-state index contributed by atoms with van der Waals surface area (Å²) in [5.74, 6) is -0.230. The third kappa shape index (κ3) is 3.18. The van der Waals surface area contributed by atoms with Gasteiger partial charge in [-0.2, -0.15) is 0 Å². The number of benzene rings is 1. The van der Waals surface area contributed by atoms with E-state index in [1.54, 1.807) is 23.6 Å². The molecule has 25 heavy (non-hydrogen) atoms. The Hall–Kier alpha value is -2.57. The highest BCUT2D eigenvalue weighted by atomic mass is 32.1. The highest BCUT2D eigenvalue weighted by molar-refractivity contribution is 7.14. The van der Waals surface area contributed by atoms with Gasteiger partial charge in [0.1, 0.15) is 6.61 Å². The van der Waals surface area contributed by atoms with E-state index < -0.39 is 6.61 Å². The SMILES string of the molecule is O=C(CO)c1ccc2c(c1)CCN(c1nc(-c3cccnc3)cs1)C2. The van der Waals surface area contributed by atoms with Gasteiger partial charge in [0.05, 0.1) is 5.69 Å². The Balaban J connectivity index is 1.55. The fourth-order valence-corrected chi connectivity index (χ4v) is 3.90. The predicted octanol–water partition coefficient (Wildman–Crippen LogP) is 2.94. The molecule has 4 rings (SSSR count). The third-order valence-corrected chi connectivity index (χ3v) is 5.31. The molecule has 0 amide bonds. The smallest absolute Gasteiger partial charge is 0.188 e. The second-order valence-corrected chi connectivity index (χ2v) is 6.83. The standard InChI is InChI=1S/C19H17N3O2S/c23-11-18(24)14-3-4-16-10-22(7-5-13(16)8-14)19-21-17(12-25-19)15-2-1-6-20-9-15/h1-4,6,8-9,12,23H,5,7,10-11H2. The number of pyridine rings is 1. The molecule has 3 aromatic rings. The molecule has 1 aromatic carbocycles. The fraction of sp³-hybridized carbons (Fsp3) is 0.211. The van der Waals surface area contributed by atoms with Crippen LogP contribution in [0.4, 0.5) is 5.13 Å². The first-order chi connectivity index (χ1) is 12.2. The minimum atomic E-state index is -0.443. The van der Waals surface area contributed by atoms with E-state index >= 15 is 0 Å². The lowest BCUT2D eigenvalue weighted by molar-refractivity contribution is 0.0903. The van der Waals surface area contributed by atoms with Gasteiger partial charge in [-0.05, 0) is 35.7 Å². The molecule has 0 saturated carbocycles. The molecule has 0 unspecified atom stereocenters. The Morgan fingerprint density at radius 1 is 1.28 bits per heavy atom. The van der Waals surface area contributed by atoms with Crippen LogP contribution in [0.25, 0.3) is 11.3 Å². The van der Waals surface area contributed by atoms with Gasteiger partial charge < -0.3 is 10.0 Å². The van der Waals surface area contributed by atoms with Crippen LogP contribution in [0, 0.1) is 0 Å². The van der Waals surface area contributed by atoms with Gasteiger partial charge in [0.15, 0.2) is 10.9 Å². The quantitative estimate of drug-likeness (QED) is 0.732.